The first-order valence-electron chi connectivity index (χ1n) is 11.3. The lowest BCUT2D eigenvalue weighted by atomic mass is 9.92. The van der Waals surface area contributed by atoms with E-state index in [1.165, 1.54) is 6.92 Å². The van der Waals surface area contributed by atoms with E-state index in [1.807, 2.05) is 19.9 Å². The van der Waals surface area contributed by atoms with Gasteiger partial charge in [0.05, 0.1) is 13.0 Å². The summed E-state index contributed by atoms with van der Waals surface area (Å²) in [6.45, 7) is 9.41. The van der Waals surface area contributed by atoms with Gasteiger partial charge in [0, 0.05) is 24.9 Å². The topological polar surface area (TPSA) is 104 Å². The molecule has 1 unspecified atom stereocenters. The van der Waals surface area contributed by atoms with Crippen molar-refractivity contribution in [3.63, 3.8) is 0 Å². The Hall–Kier alpha value is -3.16. The van der Waals surface area contributed by atoms with Gasteiger partial charge in [-0.3, -0.25) is 9.59 Å². The van der Waals surface area contributed by atoms with E-state index >= 15 is 0 Å². The molecule has 0 bridgehead atoms. The molecule has 0 spiro atoms. The van der Waals surface area contributed by atoms with Crippen LogP contribution in [0.1, 0.15) is 74.0 Å². The third-order valence-corrected chi connectivity index (χ3v) is 5.92. The number of ether oxygens (including phenoxy) is 3. The zero-order valence-electron chi connectivity index (χ0n) is 20.1. The minimum atomic E-state index is -1.10. The zero-order valence-corrected chi connectivity index (χ0v) is 20.1. The van der Waals surface area contributed by atoms with Gasteiger partial charge in [0.1, 0.15) is 11.5 Å². The molecular formula is C25H32N2O6. The molecule has 1 aromatic rings. The number of esters is 2. The maximum Gasteiger partial charge on any atom is 0.360 e. The normalized spacial score (nSPS) is 18.6. The molecule has 2 aliphatic rings. The number of carbonyl (C=O) groups excluding carboxylic acids is 3. The van der Waals surface area contributed by atoms with E-state index in [-0.39, 0.29) is 29.1 Å². The highest BCUT2D eigenvalue weighted by atomic mass is 16.7. The number of amides is 1. The number of nitrogens with one attached hydrogen (secondary N) is 1. The Balaban J connectivity index is 1.89. The number of rotatable bonds is 9. The fourth-order valence-electron chi connectivity index (χ4n) is 3.51. The van der Waals surface area contributed by atoms with E-state index in [2.05, 4.69) is 10.3 Å². The van der Waals surface area contributed by atoms with Crippen LogP contribution < -0.4 is 5.32 Å². The van der Waals surface area contributed by atoms with Gasteiger partial charge in [-0.25, -0.2) is 9.78 Å². The van der Waals surface area contributed by atoms with Crippen molar-refractivity contribution < 1.29 is 28.6 Å². The van der Waals surface area contributed by atoms with Crippen LogP contribution in [-0.4, -0.2) is 42.8 Å². The van der Waals surface area contributed by atoms with Gasteiger partial charge in [-0.2, -0.15) is 0 Å². The number of carbonyl (C=O) groups is 3. The molecule has 2 atom stereocenters. The second-order valence-corrected chi connectivity index (χ2v) is 8.88. The maximum atomic E-state index is 13.1. The van der Waals surface area contributed by atoms with E-state index in [4.69, 9.17) is 14.2 Å². The molecule has 1 saturated carbocycles. The SMILES string of the molecule is COC1=C(C)[C@@H](C)C(c2ccc(C(=O)NCC3CC3)nc2C(=O)OC(C)OC(=O)C(C)C)=C1. The predicted molar refractivity (Wildman–Crippen MR) is 122 cm³/mol. The summed E-state index contributed by atoms with van der Waals surface area (Å²) in [5.41, 5.74) is 2.52. The predicted octanol–water partition coefficient (Wildman–Crippen LogP) is 3.88. The molecule has 1 aromatic heterocycles. The van der Waals surface area contributed by atoms with Crippen molar-refractivity contribution in [3.05, 3.63) is 46.5 Å². The molecular weight excluding hydrogens is 424 g/mol. The fourth-order valence-corrected chi connectivity index (χ4v) is 3.51. The number of hydrogen-bond donors (Lipinski definition) is 1. The van der Waals surface area contributed by atoms with E-state index in [1.54, 1.807) is 33.1 Å². The quantitative estimate of drug-likeness (QED) is 0.444. The van der Waals surface area contributed by atoms with Crippen LogP contribution in [0.5, 0.6) is 0 Å². The van der Waals surface area contributed by atoms with Crippen molar-refractivity contribution in [2.24, 2.45) is 17.8 Å². The highest BCUT2D eigenvalue weighted by molar-refractivity contribution is 5.98. The number of hydrogen-bond acceptors (Lipinski definition) is 7. The van der Waals surface area contributed by atoms with E-state index in [9.17, 15) is 14.4 Å². The molecule has 8 nitrogen and oxygen atoms in total. The van der Waals surface area contributed by atoms with Gasteiger partial charge >= 0.3 is 11.9 Å². The lowest BCUT2D eigenvalue weighted by molar-refractivity contribution is -0.169. The van der Waals surface area contributed by atoms with Crippen LogP contribution in [0.3, 0.4) is 0 Å². The van der Waals surface area contributed by atoms with Gasteiger partial charge in [0.2, 0.25) is 6.29 Å². The molecule has 8 heteroatoms. The molecule has 1 N–H and O–H groups in total. The number of aromatic nitrogens is 1. The van der Waals surface area contributed by atoms with Gasteiger partial charge < -0.3 is 19.5 Å². The lowest BCUT2D eigenvalue weighted by Gasteiger charge is -2.18. The van der Waals surface area contributed by atoms with E-state index in [0.29, 0.717) is 18.0 Å². The van der Waals surface area contributed by atoms with Crippen LogP contribution in [0.2, 0.25) is 0 Å². The average molecular weight is 457 g/mol. The summed E-state index contributed by atoms with van der Waals surface area (Å²) in [6.07, 6.45) is 2.98. The average Bonchev–Trinajstić information content (AvgIpc) is 3.56. The summed E-state index contributed by atoms with van der Waals surface area (Å²) >= 11 is 0. The highest BCUT2D eigenvalue weighted by Gasteiger charge is 2.30. The van der Waals surface area contributed by atoms with Gasteiger partial charge in [-0.15, -0.1) is 0 Å². The molecule has 0 radical (unpaired) electrons. The molecule has 0 saturated heterocycles. The van der Waals surface area contributed by atoms with E-state index in [0.717, 1.165) is 29.7 Å². The molecule has 1 heterocycles. The van der Waals surface area contributed by atoms with Crippen molar-refractivity contribution in [2.45, 2.75) is 53.8 Å². The second kappa shape index (κ2) is 10.2. The fraction of sp³-hybridized carbons (Fsp3) is 0.520. The monoisotopic (exact) mass is 456 g/mol. The number of methoxy groups -OCH3 is 1. The molecule has 1 fully saturated rings. The highest BCUT2D eigenvalue weighted by Crippen LogP contribution is 2.39. The summed E-state index contributed by atoms with van der Waals surface area (Å²) < 4.78 is 16.0. The summed E-state index contributed by atoms with van der Waals surface area (Å²) in [5, 5.41) is 2.86. The van der Waals surface area contributed by atoms with Crippen LogP contribution in [0.15, 0.2) is 29.5 Å². The Bertz CT molecular complexity index is 1010. The van der Waals surface area contributed by atoms with Crippen LogP contribution in [0.4, 0.5) is 0 Å². The van der Waals surface area contributed by atoms with Crippen LogP contribution in [0.25, 0.3) is 5.57 Å². The van der Waals surface area contributed by atoms with Crippen molar-refractivity contribution in [3.8, 4) is 0 Å². The third kappa shape index (κ3) is 5.80. The van der Waals surface area contributed by atoms with Crippen molar-refractivity contribution >= 4 is 23.4 Å². The molecule has 0 aliphatic heterocycles. The second-order valence-electron chi connectivity index (χ2n) is 8.88. The maximum absolute atomic E-state index is 13.1. The smallest absolute Gasteiger partial charge is 0.360 e. The summed E-state index contributed by atoms with van der Waals surface area (Å²) in [4.78, 5) is 41.9. The van der Waals surface area contributed by atoms with Gasteiger partial charge in [-0.1, -0.05) is 20.8 Å². The first-order valence-corrected chi connectivity index (χ1v) is 11.3. The van der Waals surface area contributed by atoms with Crippen LogP contribution in [-0.2, 0) is 19.0 Å². The number of allylic oxidation sites excluding steroid dienone is 3. The Morgan fingerprint density at radius 2 is 1.85 bits per heavy atom. The van der Waals surface area contributed by atoms with Crippen LogP contribution >= 0.6 is 0 Å². The first kappa shape index (κ1) is 24.5. The Morgan fingerprint density at radius 1 is 1.15 bits per heavy atom. The number of pyridine rings is 1. The van der Waals surface area contributed by atoms with Gasteiger partial charge in [0.25, 0.3) is 5.91 Å². The van der Waals surface area contributed by atoms with Crippen LogP contribution in [0, 0.1) is 17.8 Å². The molecule has 0 aromatic carbocycles. The summed E-state index contributed by atoms with van der Waals surface area (Å²) in [6, 6.07) is 3.30. The third-order valence-electron chi connectivity index (χ3n) is 5.92. The standard InChI is InChI=1S/C25H32N2O6/c1-13(2)24(29)32-16(5)33-25(30)22-18(19-11-21(31-6)15(4)14(19)3)9-10-20(27-22)23(28)26-12-17-7-8-17/h9-11,13-14,16-17H,7-8,12H2,1-6H3,(H,26,28)/t14-,16?/m1/s1. The zero-order chi connectivity index (χ0) is 24.3. The Morgan fingerprint density at radius 3 is 2.42 bits per heavy atom. The summed E-state index contributed by atoms with van der Waals surface area (Å²) in [5.74, 6) is -0.733. The van der Waals surface area contributed by atoms with Gasteiger partial charge in [-0.05, 0) is 55.0 Å². The largest absolute Gasteiger partial charge is 0.497 e. The minimum Gasteiger partial charge on any atom is -0.497 e. The summed E-state index contributed by atoms with van der Waals surface area (Å²) in [7, 11) is 1.59. The molecule has 2 aliphatic carbocycles. The Labute approximate surface area is 194 Å². The van der Waals surface area contributed by atoms with Crippen molar-refractivity contribution in [1.29, 1.82) is 0 Å². The number of nitrogens with zero attached hydrogens (tertiary/aromatic N) is 1. The first-order chi connectivity index (χ1) is 15.6. The van der Waals surface area contributed by atoms with Crippen molar-refractivity contribution in [2.75, 3.05) is 13.7 Å². The Kier molecular flexibility index (Phi) is 7.56. The molecule has 178 valence electrons. The minimum absolute atomic E-state index is 0.00947. The van der Waals surface area contributed by atoms with E-state index < -0.39 is 18.2 Å². The molecule has 1 amide bonds. The van der Waals surface area contributed by atoms with Crippen molar-refractivity contribution in [1.82, 2.24) is 10.3 Å². The van der Waals surface area contributed by atoms with Gasteiger partial charge in [0.15, 0.2) is 5.69 Å². The lowest BCUT2D eigenvalue weighted by Crippen LogP contribution is -2.28. The molecule has 3 rings (SSSR count). The molecule has 33 heavy (non-hydrogen) atoms.